The first-order valence-corrected chi connectivity index (χ1v) is 10.9. The fraction of sp³-hybridized carbons (Fsp3) is 0.125. The van der Waals surface area contributed by atoms with E-state index < -0.39 is 52.7 Å². The minimum absolute atomic E-state index is 0.0314. The number of benzene rings is 3. The Labute approximate surface area is 208 Å². The molecule has 37 heavy (non-hydrogen) atoms. The second-order valence-electron chi connectivity index (χ2n) is 8.28. The Morgan fingerprint density at radius 1 is 1.08 bits per heavy atom. The molecule has 13 heteroatoms. The second-order valence-corrected chi connectivity index (χ2v) is 8.68. The molecule has 2 amide bonds. The lowest BCUT2D eigenvalue weighted by atomic mass is 9.94. The van der Waals surface area contributed by atoms with Crippen molar-refractivity contribution in [3.8, 4) is 0 Å². The summed E-state index contributed by atoms with van der Waals surface area (Å²) >= 11 is 6.24. The molecule has 1 aliphatic rings. The van der Waals surface area contributed by atoms with E-state index in [1.54, 1.807) is 0 Å². The normalized spacial score (nSPS) is 15.1. The number of aryl methyl sites for hydroxylation is 1. The van der Waals surface area contributed by atoms with Crippen LogP contribution in [0.3, 0.4) is 0 Å². The maximum atomic E-state index is 14.8. The fourth-order valence-corrected chi connectivity index (χ4v) is 4.50. The van der Waals surface area contributed by atoms with Crippen molar-refractivity contribution >= 4 is 40.0 Å². The van der Waals surface area contributed by atoms with E-state index in [1.165, 1.54) is 13.1 Å². The van der Waals surface area contributed by atoms with Gasteiger partial charge in [-0.1, -0.05) is 11.6 Å². The quantitative estimate of drug-likeness (QED) is 0.326. The zero-order chi connectivity index (χ0) is 26.8. The van der Waals surface area contributed by atoms with E-state index in [0.29, 0.717) is 12.1 Å². The van der Waals surface area contributed by atoms with Crippen LogP contribution in [-0.4, -0.2) is 21.6 Å². The van der Waals surface area contributed by atoms with Crippen LogP contribution in [0, 0.1) is 17.6 Å². The number of hydrogen-bond donors (Lipinski definition) is 2. The molecule has 0 saturated heterocycles. The molecule has 2 N–H and O–H groups in total. The molecule has 0 spiro atoms. The number of anilines is 1. The largest absolute Gasteiger partial charge is 0.416 e. The lowest BCUT2D eigenvalue weighted by molar-refractivity contribution is -0.137. The van der Waals surface area contributed by atoms with Crippen LogP contribution in [-0.2, 0) is 13.2 Å². The zero-order valence-corrected chi connectivity index (χ0v) is 19.2. The van der Waals surface area contributed by atoms with Gasteiger partial charge in [0.05, 0.1) is 22.6 Å². The summed E-state index contributed by atoms with van der Waals surface area (Å²) in [5.74, 6) is -4.75. The third-order valence-corrected chi connectivity index (χ3v) is 6.24. The van der Waals surface area contributed by atoms with E-state index in [-0.39, 0.29) is 44.4 Å². The van der Waals surface area contributed by atoms with Gasteiger partial charge in [0.15, 0.2) is 0 Å². The Morgan fingerprint density at radius 3 is 2.51 bits per heavy atom. The number of fused-ring (bicyclic) bond motifs is 3. The smallest absolute Gasteiger partial charge is 0.341 e. The highest BCUT2D eigenvalue weighted by Crippen LogP contribution is 2.43. The van der Waals surface area contributed by atoms with Gasteiger partial charge in [0.25, 0.3) is 11.8 Å². The predicted molar refractivity (Wildman–Crippen MR) is 121 cm³/mol. The minimum atomic E-state index is -4.92. The van der Waals surface area contributed by atoms with Crippen molar-refractivity contribution in [1.82, 2.24) is 15.1 Å². The Kier molecular flexibility index (Phi) is 5.66. The van der Waals surface area contributed by atoms with Crippen LogP contribution in [0.2, 0.25) is 5.02 Å². The number of carbonyl (C=O) groups is 2. The molecule has 2 heterocycles. The summed E-state index contributed by atoms with van der Waals surface area (Å²) in [5.41, 5.74) is -2.34. The SMILES string of the molecule is Cn1nc2c3c(c(NC(=O)c4cc(F)cc(C(F)(F)F)c4)cc2c1F)[C@@H](c1cc(F)ccc1Cl)NC3=O. The number of hydrogen-bond acceptors (Lipinski definition) is 3. The molecule has 3 aromatic carbocycles. The van der Waals surface area contributed by atoms with Crippen LogP contribution < -0.4 is 10.6 Å². The molecule has 1 atom stereocenters. The highest BCUT2D eigenvalue weighted by molar-refractivity contribution is 6.31. The van der Waals surface area contributed by atoms with Gasteiger partial charge in [-0.05, 0) is 42.5 Å². The average molecular weight is 539 g/mol. The lowest BCUT2D eigenvalue weighted by Gasteiger charge is -2.18. The summed E-state index contributed by atoms with van der Waals surface area (Å²) in [6, 6.07) is 4.68. The molecule has 5 rings (SSSR count). The lowest BCUT2D eigenvalue weighted by Crippen LogP contribution is -2.21. The summed E-state index contributed by atoms with van der Waals surface area (Å²) < 4.78 is 83.1. The number of amides is 2. The predicted octanol–water partition coefficient (Wildman–Crippen LogP) is 5.75. The van der Waals surface area contributed by atoms with Crippen LogP contribution in [0.5, 0.6) is 0 Å². The molecule has 0 radical (unpaired) electrons. The first-order chi connectivity index (χ1) is 17.3. The van der Waals surface area contributed by atoms with Crippen LogP contribution in [0.4, 0.5) is 32.0 Å². The Morgan fingerprint density at radius 2 is 1.81 bits per heavy atom. The number of alkyl halides is 3. The summed E-state index contributed by atoms with van der Waals surface area (Å²) in [6.45, 7) is 0. The number of nitrogens with one attached hydrogen (secondary N) is 2. The van der Waals surface area contributed by atoms with E-state index in [2.05, 4.69) is 15.7 Å². The summed E-state index contributed by atoms with van der Waals surface area (Å²) in [7, 11) is 1.28. The van der Waals surface area contributed by atoms with Crippen LogP contribution in [0.1, 0.15) is 43.4 Å². The highest BCUT2D eigenvalue weighted by atomic mass is 35.5. The van der Waals surface area contributed by atoms with Gasteiger partial charge in [-0.25, -0.2) is 13.5 Å². The standard InChI is InChI=1S/C24H13ClF6N4O2/c1-35-21(28)14-8-16(32-22(36)9-4-10(24(29,30)31)6-12(27)5-9)17-18(20(14)34-35)23(37)33-19(17)13-7-11(26)2-3-15(13)25/h2-8,19H,1H3,(H,32,36)(H,33,37)/t19-/m1/s1. The molecule has 0 bridgehead atoms. The van der Waals surface area contributed by atoms with Crippen molar-refractivity contribution in [3.63, 3.8) is 0 Å². The van der Waals surface area contributed by atoms with E-state index in [0.717, 1.165) is 22.9 Å². The van der Waals surface area contributed by atoms with Crippen molar-refractivity contribution in [2.24, 2.45) is 7.05 Å². The van der Waals surface area contributed by atoms with Gasteiger partial charge in [0, 0.05) is 34.4 Å². The molecule has 6 nitrogen and oxygen atoms in total. The van der Waals surface area contributed by atoms with Crippen molar-refractivity contribution in [1.29, 1.82) is 0 Å². The van der Waals surface area contributed by atoms with E-state index in [4.69, 9.17) is 11.6 Å². The summed E-state index contributed by atoms with van der Waals surface area (Å²) in [4.78, 5) is 25.9. The summed E-state index contributed by atoms with van der Waals surface area (Å²) in [6.07, 6.45) is -4.92. The van der Waals surface area contributed by atoms with E-state index >= 15 is 0 Å². The minimum Gasteiger partial charge on any atom is -0.341 e. The topological polar surface area (TPSA) is 76.0 Å². The molecule has 4 aromatic rings. The van der Waals surface area contributed by atoms with Crippen LogP contribution in [0.15, 0.2) is 42.5 Å². The average Bonchev–Trinajstić information content (AvgIpc) is 3.31. The Balaban J connectivity index is 1.70. The van der Waals surface area contributed by atoms with Gasteiger partial charge in [-0.15, -0.1) is 0 Å². The second kappa shape index (κ2) is 8.51. The van der Waals surface area contributed by atoms with E-state index in [1.807, 2.05) is 0 Å². The molecule has 0 saturated carbocycles. The van der Waals surface area contributed by atoms with Gasteiger partial charge in [0.2, 0.25) is 5.95 Å². The Bertz CT molecular complexity index is 1630. The number of nitrogens with zero attached hydrogens (tertiary/aromatic N) is 2. The number of carbonyl (C=O) groups excluding carboxylic acids is 2. The van der Waals surface area contributed by atoms with Crippen molar-refractivity contribution in [2.45, 2.75) is 12.2 Å². The maximum Gasteiger partial charge on any atom is 0.416 e. The summed E-state index contributed by atoms with van der Waals surface area (Å²) in [5, 5.41) is 8.84. The van der Waals surface area contributed by atoms with Gasteiger partial charge >= 0.3 is 6.18 Å². The first kappa shape index (κ1) is 24.6. The third kappa shape index (κ3) is 4.16. The molecule has 1 aliphatic heterocycles. The van der Waals surface area contributed by atoms with E-state index in [9.17, 15) is 35.9 Å². The maximum absolute atomic E-state index is 14.8. The third-order valence-electron chi connectivity index (χ3n) is 5.89. The number of halogens is 7. The monoisotopic (exact) mass is 538 g/mol. The van der Waals surface area contributed by atoms with Gasteiger partial charge in [-0.2, -0.15) is 22.7 Å². The molecular weight excluding hydrogens is 526 g/mol. The van der Waals surface area contributed by atoms with Crippen molar-refractivity contribution in [3.05, 3.63) is 92.9 Å². The van der Waals surface area contributed by atoms with Crippen molar-refractivity contribution < 1.29 is 35.9 Å². The number of rotatable bonds is 3. The zero-order valence-electron chi connectivity index (χ0n) is 18.5. The molecule has 190 valence electrons. The van der Waals surface area contributed by atoms with Crippen LogP contribution >= 0.6 is 11.6 Å². The molecular formula is C24H13ClF6N4O2. The highest BCUT2D eigenvalue weighted by Gasteiger charge is 2.38. The van der Waals surface area contributed by atoms with Crippen molar-refractivity contribution in [2.75, 3.05) is 5.32 Å². The van der Waals surface area contributed by atoms with Crippen LogP contribution in [0.25, 0.3) is 10.9 Å². The number of aromatic nitrogens is 2. The first-order valence-electron chi connectivity index (χ1n) is 10.5. The molecule has 1 aromatic heterocycles. The van der Waals surface area contributed by atoms with Gasteiger partial charge < -0.3 is 10.6 Å². The van der Waals surface area contributed by atoms with Gasteiger partial charge in [-0.3, -0.25) is 9.59 Å². The molecule has 0 aliphatic carbocycles. The molecule has 0 fully saturated rings. The fourth-order valence-electron chi connectivity index (χ4n) is 4.27. The molecule has 0 unspecified atom stereocenters. The van der Waals surface area contributed by atoms with Gasteiger partial charge in [0.1, 0.15) is 17.2 Å². The Hall–Kier alpha value is -4.06.